The summed E-state index contributed by atoms with van der Waals surface area (Å²) in [4.78, 5) is 94.9. The molecule has 2 aromatic heterocycles. The van der Waals surface area contributed by atoms with Crippen LogP contribution in [0.15, 0.2) is 135 Å². The van der Waals surface area contributed by atoms with Crippen molar-refractivity contribution in [2.24, 2.45) is 195 Å². The van der Waals surface area contributed by atoms with Crippen LogP contribution in [0.2, 0.25) is 0 Å². The summed E-state index contributed by atoms with van der Waals surface area (Å²) in [5, 5.41) is 48.0. The number of benzene rings is 10. The average molecular weight is 2040 g/mol. The number of halogens is 2. The van der Waals surface area contributed by atoms with Crippen LogP contribution in [0.1, 0.15) is 212 Å². The summed E-state index contributed by atoms with van der Waals surface area (Å²) in [6.07, 6.45) is 41.6. The van der Waals surface area contributed by atoms with Gasteiger partial charge in [-0.15, -0.1) is 0 Å². The van der Waals surface area contributed by atoms with Gasteiger partial charge in [0.25, 0.3) is 22.6 Å². The molecule has 5 heterocycles. The lowest BCUT2D eigenvalue weighted by atomic mass is 9.34. The lowest BCUT2D eigenvalue weighted by Gasteiger charge is -2.71. The zero-order chi connectivity index (χ0) is 95.4. The van der Waals surface area contributed by atoms with Gasteiger partial charge in [0.05, 0.1) is 36.9 Å². The highest BCUT2D eigenvalue weighted by Crippen LogP contribution is 2.76. The molecular weight excluding hydrogens is 1910 g/mol. The van der Waals surface area contributed by atoms with Crippen molar-refractivity contribution < 1.29 is 39.0 Å². The third-order valence-corrected chi connectivity index (χ3v) is 46.1. The van der Waals surface area contributed by atoms with Crippen molar-refractivity contribution in [3.05, 3.63) is 193 Å². The van der Waals surface area contributed by atoms with Crippen LogP contribution in [-0.4, -0.2) is 72.1 Å². The average Bonchev–Trinajstić information content (AvgIpc) is 0.690. The van der Waals surface area contributed by atoms with Crippen LogP contribution in [0.4, 0.5) is 28.4 Å². The van der Waals surface area contributed by atoms with Crippen LogP contribution in [0.25, 0.3) is 92.1 Å². The Hall–Kier alpha value is -9.56. The molecule has 16 saturated carbocycles. The molecular formula is C118H126Br2N10O12. The number of esters is 2. The Morgan fingerprint density at radius 2 is 0.746 bits per heavy atom. The Balaban J connectivity index is 0.000000119. The van der Waals surface area contributed by atoms with E-state index in [2.05, 4.69) is 51.4 Å². The lowest BCUT2D eigenvalue weighted by Crippen LogP contribution is -2.66. The number of cyclic esters (lactones) is 2. The van der Waals surface area contributed by atoms with E-state index in [1.165, 1.54) is 134 Å². The Morgan fingerprint density at radius 1 is 0.359 bits per heavy atom. The highest BCUT2D eigenvalue weighted by atomic mass is 79.9. The summed E-state index contributed by atoms with van der Waals surface area (Å²) in [7, 11) is 0. The highest BCUT2D eigenvalue weighted by molar-refractivity contribution is 9.11. The van der Waals surface area contributed by atoms with E-state index in [4.69, 9.17) is 27.2 Å². The van der Waals surface area contributed by atoms with Gasteiger partial charge in [-0.1, -0.05) is 112 Å². The summed E-state index contributed by atoms with van der Waals surface area (Å²) in [5.74, 6) is 34.8. The van der Waals surface area contributed by atoms with Crippen molar-refractivity contribution in [2.45, 2.75) is 193 Å². The third-order valence-electron chi connectivity index (χ3n) is 44.7. The van der Waals surface area contributed by atoms with E-state index in [9.17, 15) is 44.7 Å². The number of piperidine rings is 2. The number of rotatable bonds is 9. The number of fused-ring (bicyclic) bond motifs is 15. The maximum absolute atomic E-state index is 14.8. The molecule has 6 N–H and O–H groups in total. The van der Waals surface area contributed by atoms with E-state index in [1.54, 1.807) is 122 Å². The lowest BCUT2D eigenvalue weighted by molar-refractivity contribution is -0.384. The number of ether oxygens (including phenoxy) is 1. The van der Waals surface area contributed by atoms with Crippen LogP contribution in [0.5, 0.6) is 5.75 Å². The zero-order valence-corrected chi connectivity index (χ0v) is 83.8. The van der Waals surface area contributed by atoms with Crippen molar-refractivity contribution in [2.75, 3.05) is 37.6 Å². The maximum atomic E-state index is 14.8. The second kappa shape index (κ2) is 33.5. The zero-order valence-electron chi connectivity index (χ0n) is 80.6. The molecule has 0 amide bonds. The molecule has 0 bridgehead atoms. The van der Waals surface area contributed by atoms with Gasteiger partial charge >= 0.3 is 11.9 Å². The number of hydrogen-bond donors (Lipinski definition) is 3. The molecule has 10 aromatic carbocycles. The predicted molar refractivity (Wildman–Crippen MR) is 557 cm³/mol. The molecule has 3 aliphatic heterocycles. The van der Waals surface area contributed by atoms with Gasteiger partial charge in [-0.25, -0.2) is 14.6 Å². The predicted octanol–water partition coefficient (Wildman–Crippen LogP) is 26.1. The molecule has 2 saturated heterocycles. The fourth-order valence-electron chi connectivity index (χ4n) is 41.3. The number of hydrogen-bond acceptors (Lipinski definition) is 18. The van der Waals surface area contributed by atoms with Gasteiger partial charge in [-0.2, -0.15) is 5.90 Å². The van der Waals surface area contributed by atoms with Gasteiger partial charge in [0.1, 0.15) is 5.65 Å². The number of likely N-dealkylation sites (tertiary alicyclic amines) is 2. The van der Waals surface area contributed by atoms with Gasteiger partial charge in [0, 0.05) is 145 Å². The molecule has 12 aromatic rings. The molecule has 142 heavy (non-hydrogen) atoms. The maximum Gasteiger partial charge on any atom is 0.346 e. The minimum Gasteiger partial charge on any atom is -0.398 e. The summed E-state index contributed by atoms with van der Waals surface area (Å²) in [5.41, 5.74) is 18.3. The van der Waals surface area contributed by atoms with Gasteiger partial charge in [-0.3, -0.25) is 49.3 Å². The van der Waals surface area contributed by atoms with E-state index >= 15 is 0 Å². The fourth-order valence-corrected chi connectivity index (χ4v) is 42.2. The minimum absolute atomic E-state index is 0.0174. The minimum atomic E-state index is -0.582. The topological polar surface area (TPSA) is 310 Å². The highest BCUT2D eigenvalue weighted by Gasteiger charge is 2.70. The van der Waals surface area contributed by atoms with Gasteiger partial charge in [0.2, 0.25) is 0 Å². The molecule has 19 aliphatic rings. The van der Waals surface area contributed by atoms with Crippen LogP contribution in [0, 0.1) is 220 Å². The first-order valence-corrected chi connectivity index (χ1v) is 56.5. The van der Waals surface area contributed by atoms with Gasteiger partial charge in [-0.05, 0) is 416 Å². The normalized spacial score (nSPS) is 37.1. The Morgan fingerprint density at radius 3 is 1.21 bits per heavy atom. The Labute approximate surface area is 841 Å². The first kappa shape index (κ1) is 88.9. The molecule has 734 valence electrons. The van der Waals surface area contributed by atoms with E-state index in [-0.39, 0.29) is 37.4 Å². The number of nitrogens with two attached hydrogens (primary N) is 3. The molecule has 16 aliphatic carbocycles. The number of non-ortho nitro benzene ring substituents is 3. The van der Waals surface area contributed by atoms with E-state index in [0.717, 1.165) is 260 Å². The van der Waals surface area contributed by atoms with Crippen molar-refractivity contribution in [1.82, 2.24) is 19.2 Å². The molecule has 31 rings (SSSR count). The SMILES string of the molecule is NOOc1cc(N)c2c(N)c3ccc([N+](=O)[O-])cc3c(CN3CC4CCC5C6CCC7C8CCCC9CCCC(C%10CCC(C%11CCC(C3)C4C5%11)C6C7%10)C98)c2c1.O=C1OC(=O)c2ccc(Br)c3cccc1c23.O=c1c2cccc3c(Br)ccc(c32)c2nc3c4ccc([N+](=O)[O-])cc4c(CN4CC5CCC6C7CCC8C9CCCC%10CCCC(C%11CCC(C%12CCC(C4)C5C6%12)C7C8%11)C%109)c4cc([N+](=O)[O-])cc(c43)n12. The number of carbonyl (C=O) groups is 2. The number of nitrogen functional groups attached to an aromatic ring is 2. The van der Waals surface area contributed by atoms with E-state index in [1.807, 2.05) is 48.5 Å². The molecule has 0 spiro atoms. The van der Waals surface area contributed by atoms with Gasteiger partial charge < -0.3 is 21.1 Å². The number of carbonyl (C=O) groups excluding carboxylic acids is 2. The molecule has 22 nitrogen and oxygen atoms in total. The van der Waals surface area contributed by atoms with E-state index < -0.39 is 11.9 Å². The van der Waals surface area contributed by atoms with Crippen molar-refractivity contribution in [1.29, 1.82) is 0 Å². The summed E-state index contributed by atoms with van der Waals surface area (Å²) < 4.78 is 7.94. The number of anilines is 2. The molecule has 24 heteroatoms. The quantitative estimate of drug-likeness (QED) is 0.0177. The summed E-state index contributed by atoms with van der Waals surface area (Å²) in [6.45, 7) is 5.36. The standard InChI is InChI=1S/C59H60BrN5O5.C47H61N5O4.C12H5BrO3/c60-48-21-20-43-52-42(48)8-3-9-44(52)59(66)63-49-24-32(65(69)70)23-46-47(45-22-31(64(67)68)12-15-41(45)57(56(46)49)61-58(43)63)27-62-25-29-10-13-35-39-18-16-37-33-6-1-4-28-5-2-7-34(51(28)33)38-17-19-40(55(39)54(37)38)36-14-11-30(26-62)50(29)53(35)36;48-40-19-27(55-56-50)18-38-39(37-17-26(52(53)54)9-12-36(37)47(49)46(38)40)22-51-20-24-7-10-30-34-15-13-32-28-5-1-3-23-4-2-6-29(42(23)28)33-14-16-35(45(34)44(32)33)31-11-8-25(21-51)41(24)43(30)31;13-9-5-4-8-10-6(9)2-1-3-7(10)11(14)16-12(8)15/h3,8-9,12,15,20-24,28-30,33-40,50-51,53-55H,1-2,4-7,10-11,13-14,16-19,25-27H2;9,12,17-19,23-25,28-35,41-45H,1-8,10-11,13-16,20-22,48-50H2;1-5H. The smallest absolute Gasteiger partial charge is 0.346 e. The van der Waals surface area contributed by atoms with Crippen molar-refractivity contribution in [3.63, 3.8) is 0 Å². The van der Waals surface area contributed by atoms with Gasteiger partial charge in [0.15, 0.2) is 5.75 Å². The number of nitro groups is 3. The third kappa shape index (κ3) is 13.0. The summed E-state index contributed by atoms with van der Waals surface area (Å²) >= 11 is 7.09. The fraction of sp³-hybridized carbons (Fsp3) is 0.559. The molecule has 18 fully saturated rings. The van der Waals surface area contributed by atoms with Crippen LogP contribution in [0.3, 0.4) is 0 Å². The second-order valence-electron chi connectivity index (χ2n) is 49.0. The van der Waals surface area contributed by atoms with Crippen molar-refractivity contribution >= 4 is 164 Å². The molecule has 0 radical (unpaired) electrons. The van der Waals surface area contributed by atoms with Crippen molar-refractivity contribution in [3.8, 4) is 5.75 Å². The first-order valence-electron chi connectivity index (χ1n) is 54.9. The number of aromatic nitrogens is 2. The largest absolute Gasteiger partial charge is 0.398 e. The first-order chi connectivity index (χ1) is 69.2. The molecule has 20 unspecified atom stereocenters. The summed E-state index contributed by atoms with van der Waals surface area (Å²) in [6, 6.07) is 35.1. The number of pyridine rings is 1. The van der Waals surface area contributed by atoms with Crippen LogP contribution < -0.4 is 27.8 Å². The van der Waals surface area contributed by atoms with Crippen LogP contribution >= 0.6 is 31.9 Å². The monoisotopic (exact) mass is 2030 g/mol. The Kier molecular flexibility index (Phi) is 21.0. The van der Waals surface area contributed by atoms with Crippen LogP contribution in [-0.2, 0) is 22.8 Å². The molecule has 20 atom stereocenters. The second-order valence-corrected chi connectivity index (χ2v) is 50.7. The van der Waals surface area contributed by atoms with E-state index in [0.29, 0.717) is 109 Å². The number of nitro benzene ring substituents is 3. The Bertz CT molecular complexity index is 7320. The number of nitrogens with zero attached hydrogens (tertiary/aromatic N) is 7.